The fraction of sp³-hybridized carbons (Fsp3) is 0.415. The Labute approximate surface area is 282 Å². The predicted molar refractivity (Wildman–Crippen MR) is 193 cm³/mol. The molecule has 0 spiro atoms. The van der Waals surface area contributed by atoms with Crippen LogP contribution in [0.2, 0.25) is 0 Å². The molecule has 0 aliphatic carbocycles. The predicted octanol–water partition coefficient (Wildman–Crippen LogP) is 8.85. The molecular weight excluding hydrogens is 576 g/mol. The number of rotatable bonds is 11. The highest BCUT2D eigenvalue weighted by Crippen LogP contribution is 2.34. The highest BCUT2D eigenvalue weighted by atomic mass is 15.4. The summed E-state index contributed by atoms with van der Waals surface area (Å²) >= 11 is 0. The summed E-state index contributed by atoms with van der Waals surface area (Å²) in [6.45, 7) is 23.4. The molecule has 0 aliphatic heterocycles. The zero-order valence-corrected chi connectivity index (χ0v) is 30.4. The van der Waals surface area contributed by atoms with Crippen molar-refractivity contribution in [3.05, 3.63) is 108 Å². The summed E-state index contributed by atoms with van der Waals surface area (Å²) in [7, 11) is 2.09. The van der Waals surface area contributed by atoms with Crippen molar-refractivity contribution < 1.29 is 9.13 Å². The Balaban J connectivity index is 1.74. The number of hydrogen-bond donors (Lipinski definition) is 0. The summed E-state index contributed by atoms with van der Waals surface area (Å²) < 4.78 is 8.94. The first-order chi connectivity index (χ1) is 22.4. The molecule has 5 aromatic rings. The largest absolute Gasteiger partial charge is 0.273 e. The molecule has 0 N–H and O–H groups in total. The van der Waals surface area contributed by atoms with Crippen molar-refractivity contribution in [3.63, 3.8) is 0 Å². The zero-order valence-electron chi connectivity index (χ0n) is 30.4. The van der Waals surface area contributed by atoms with E-state index in [0.29, 0.717) is 30.2 Å². The van der Waals surface area contributed by atoms with Crippen LogP contribution in [0.3, 0.4) is 0 Å². The van der Waals surface area contributed by atoms with Crippen LogP contribution in [0.15, 0.2) is 85.5 Å². The zero-order chi connectivity index (χ0) is 34.0. The number of allylic oxidation sites excluding steroid dienone is 2. The van der Waals surface area contributed by atoms with E-state index in [4.69, 9.17) is 10.2 Å². The number of aromatic nitrogens is 6. The van der Waals surface area contributed by atoms with Crippen molar-refractivity contribution in [2.45, 2.75) is 87.6 Å². The van der Waals surface area contributed by atoms with E-state index in [9.17, 15) is 0 Å². The molecule has 0 bridgehead atoms. The van der Waals surface area contributed by atoms with E-state index in [1.165, 1.54) is 44.8 Å². The third-order valence-electron chi connectivity index (χ3n) is 9.31. The summed E-state index contributed by atoms with van der Waals surface area (Å²) in [5, 5.41) is 10.2. The molecule has 0 saturated carbocycles. The fourth-order valence-corrected chi connectivity index (χ4v) is 6.76. The third-order valence-corrected chi connectivity index (χ3v) is 9.31. The molecule has 0 saturated heterocycles. The van der Waals surface area contributed by atoms with Gasteiger partial charge >= 0.3 is 0 Å². The minimum absolute atomic E-state index is 0.140. The van der Waals surface area contributed by atoms with Gasteiger partial charge in [0, 0.05) is 10.2 Å². The van der Waals surface area contributed by atoms with Crippen LogP contribution in [0.5, 0.6) is 0 Å². The Kier molecular flexibility index (Phi) is 10.3. The van der Waals surface area contributed by atoms with Crippen LogP contribution in [-0.4, -0.2) is 19.6 Å². The van der Waals surface area contributed by atoms with Gasteiger partial charge in [0.25, 0.3) is 24.3 Å². The lowest BCUT2D eigenvalue weighted by Gasteiger charge is -2.22. The minimum Gasteiger partial charge on any atom is -0.233 e. The molecule has 0 radical (unpaired) electrons. The maximum absolute atomic E-state index is 5.21. The van der Waals surface area contributed by atoms with Gasteiger partial charge in [0.1, 0.15) is 17.9 Å². The van der Waals surface area contributed by atoms with Gasteiger partial charge < -0.3 is 0 Å². The SMILES string of the molecule is Cc1ccccc1-c1n(C(=CC(C)C)C(Cn2nc[n+](-c3c(C(C)C)cccc3C(C)C)c2-c2ccccc2C)C(C)C)nc[n+]1C. The number of para-hydroxylation sites is 1. The molecule has 5 rings (SSSR count). The van der Waals surface area contributed by atoms with Gasteiger partial charge in [0.15, 0.2) is 0 Å². The van der Waals surface area contributed by atoms with E-state index in [-0.39, 0.29) is 5.92 Å². The van der Waals surface area contributed by atoms with Crippen molar-refractivity contribution in [3.8, 4) is 28.5 Å². The van der Waals surface area contributed by atoms with Gasteiger partial charge in [-0.25, -0.2) is 4.57 Å². The monoisotopic (exact) mass is 630 g/mol. The Morgan fingerprint density at radius 3 is 1.77 bits per heavy atom. The summed E-state index contributed by atoms with van der Waals surface area (Å²) in [6.07, 6.45) is 6.38. The lowest BCUT2D eigenvalue weighted by Crippen LogP contribution is -2.36. The van der Waals surface area contributed by atoms with E-state index in [2.05, 4.69) is 168 Å². The van der Waals surface area contributed by atoms with Crippen LogP contribution < -0.4 is 9.13 Å². The van der Waals surface area contributed by atoms with Crippen LogP contribution in [0.4, 0.5) is 0 Å². The maximum atomic E-state index is 5.21. The molecule has 6 nitrogen and oxygen atoms in total. The third kappa shape index (κ3) is 6.88. The summed E-state index contributed by atoms with van der Waals surface area (Å²) in [4.78, 5) is 0. The topological polar surface area (TPSA) is 43.4 Å². The van der Waals surface area contributed by atoms with Gasteiger partial charge in [0.2, 0.25) is 0 Å². The van der Waals surface area contributed by atoms with Crippen LogP contribution in [0.1, 0.15) is 89.5 Å². The molecule has 246 valence electrons. The van der Waals surface area contributed by atoms with Crippen molar-refractivity contribution in [2.75, 3.05) is 0 Å². The van der Waals surface area contributed by atoms with Gasteiger partial charge in [-0.1, -0.05) is 115 Å². The van der Waals surface area contributed by atoms with Gasteiger partial charge in [-0.15, -0.1) is 4.68 Å². The van der Waals surface area contributed by atoms with Crippen LogP contribution in [0.25, 0.3) is 34.2 Å². The van der Waals surface area contributed by atoms with E-state index < -0.39 is 0 Å². The summed E-state index contributed by atoms with van der Waals surface area (Å²) in [6, 6.07) is 24.1. The molecular formula is C41H54N6+2. The smallest absolute Gasteiger partial charge is 0.233 e. The van der Waals surface area contributed by atoms with Crippen LogP contribution in [0, 0.1) is 31.6 Å². The van der Waals surface area contributed by atoms with Crippen LogP contribution in [-0.2, 0) is 13.6 Å². The minimum atomic E-state index is 0.140. The Hall–Kier alpha value is -4.32. The standard InChI is InChI=1S/C41H54N6/c1-27(2)23-38(47-40(44(11)25-43-47)35-19-14-12-17-31(35)9)37(30(7)8)24-46-41(36-20-15-13-18-32(36)10)45(26-42-46)39-33(28(3)4)21-16-22-34(39)29(5)6/h12-23,25-30,37H,24H2,1-11H3/q+2. The Morgan fingerprint density at radius 1 is 0.702 bits per heavy atom. The molecule has 3 aromatic carbocycles. The fourth-order valence-electron chi connectivity index (χ4n) is 6.76. The molecule has 2 aromatic heterocycles. The second kappa shape index (κ2) is 14.2. The summed E-state index contributed by atoms with van der Waals surface area (Å²) in [5.41, 5.74) is 9.98. The Bertz CT molecular complexity index is 1840. The first-order valence-electron chi connectivity index (χ1n) is 17.3. The lowest BCUT2D eigenvalue weighted by molar-refractivity contribution is -0.660. The van der Waals surface area contributed by atoms with Gasteiger partial charge in [0.05, 0.1) is 24.1 Å². The van der Waals surface area contributed by atoms with Crippen molar-refractivity contribution in [1.29, 1.82) is 0 Å². The van der Waals surface area contributed by atoms with Gasteiger partial charge in [-0.05, 0) is 78.0 Å². The number of aryl methyl sites for hydroxylation is 3. The van der Waals surface area contributed by atoms with E-state index in [1.807, 2.05) is 12.7 Å². The summed E-state index contributed by atoms with van der Waals surface area (Å²) in [5.74, 6) is 3.75. The highest BCUT2D eigenvalue weighted by Gasteiger charge is 2.35. The molecule has 1 atom stereocenters. The molecule has 0 amide bonds. The average Bonchev–Trinajstić information content (AvgIpc) is 3.61. The Morgan fingerprint density at radius 2 is 1.26 bits per heavy atom. The molecule has 2 heterocycles. The first-order valence-corrected chi connectivity index (χ1v) is 17.3. The van der Waals surface area contributed by atoms with E-state index in [1.54, 1.807) is 0 Å². The lowest BCUT2D eigenvalue weighted by atomic mass is 9.90. The molecule has 0 fully saturated rings. The number of nitrogens with zero attached hydrogens (tertiary/aromatic N) is 6. The second-order valence-corrected chi connectivity index (χ2v) is 14.4. The second-order valence-electron chi connectivity index (χ2n) is 14.4. The van der Waals surface area contributed by atoms with E-state index >= 15 is 0 Å². The van der Waals surface area contributed by atoms with Gasteiger partial charge in [-0.2, -0.15) is 4.57 Å². The van der Waals surface area contributed by atoms with E-state index in [0.717, 1.165) is 11.6 Å². The van der Waals surface area contributed by atoms with Gasteiger partial charge in [-0.3, -0.25) is 0 Å². The normalized spacial score (nSPS) is 13.0. The number of hydrogen-bond acceptors (Lipinski definition) is 2. The number of benzene rings is 3. The van der Waals surface area contributed by atoms with Crippen molar-refractivity contribution in [2.24, 2.45) is 24.8 Å². The molecule has 47 heavy (non-hydrogen) atoms. The quantitative estimate of drug-likeness (QED) is 0.137. The van der Waals surface area contributed by atoms with Crippen LogP contribution >= 0.6 is 0 Å². The first kappa shape index (κ1) is 34.0. The van der Waals surface area contributed by atoms with Crippen molar-refractivity contribution in [1.82, 2.24) is 19.6 Å². The maximum Gasteiger partial charge on any atom is 0.273 e. The molecule has 6 heteroatoms. The average molecular weight is 631 g/mol. The molecule has 1 unspecified atom stereocenters. The highest BCUT2D eigenvalue weighted by molar-refractivity contribution is 5.63. The molecule has 0 aliphatic rings. The van der Waals surface area contributed by atoms with Crippen molar-refractivity contribution >= 4 is 5.70 Å².